The zero-order valence-electron chi connectivity index (χ0n) is 15.6. The molecule has 0 fully saturated rings. The average molecular weight is 384 g/mol. The van der Waals surface area contributed by atoms with Crippen molar-refractivity contribution in [3.8, 4) is 11.5 Å². The van der Waals surface area contributed by atoms with E-state index in [1.54, 1.807) is 11.0 Å². The van der Waals surface area contributed by atoms with Gasteiger partial charge in [-0.25, -0.2) is 0 Å². The third kappa shape index (κ3) is 4.55. The topological polar surface area (TPSA) is 59.2 Å². The summed E-state index contributed by atoms with van der Waals surface area (Å²) in [4.78, 5) is 14.6. The van der Waals surface area contributed by atoms with E-state index in [0.29, 0.717) is 28.8 Å². The molecule has 0 unspecified atom stereocenters. The first kappa shape index (κ1) is 19.1. The molecule has 0 radical (unpaired) electrons. The number of hydrogen-bond donors (Lipinski definition) is 0. The number of amides is 1. The molecule has 0 atom stereocenters. The predicted molar refractivity (Wildman–Crippen MR) is 105 cm³/mol. The number of halogens is 1. The first-order valence-corrected chi connectivity index (χ1v) is 9.24. The van der Waals surface area contributed by atoms with Crippen LogP contribution in [0.5, 0.6) is 0 Å². The molecule has 2 aromatic carbocycles. The Kier molecular flexibility index (Phi) is 5.91. The van der Waals surface area contributed by atoms with Crippen molar-refractivity contribution in [1.29, 1.82) is 0 Å². The third-order valence-electron chi connectivity index (χ3n) is 4.42. The maximum absolute atomic E-state index is 12.9. The summed E-state index contributed by atoms with van der Waals surface area (Å²) in [6.07, 6.45) is 0.344. The quantitative estimate of drug-likeness (QED) is 0.620. The van der Waals surface area contributed by atoms with Crippen molar-refractivity contribution >= 4 is 17.5 Å². The summed E-state index contributed by atoms with van der Waals surface area (Å²) in [6.45, 7) is 6.22. The lowest BCUT2D eigenvalue weighted by Gasteiger charge is -2.25. The summed E-state index contributed by atoms with van der Waals surface area (Å²) in [5.74, 6) is 0.763. The maximum atomic E-state index is 12.9. The molecule has 3 rings (SSSR count). The first-order chi connectivity index (χ1) is 13.0. The van der Waals surface area contributed by atoms with E-state index in [1.807, 2.05) is 63.2 Å². The van der Waals surface area contributed by atoms with Gasteiger partial charge in [0, 0.05) is 6.04 Å². The third-order valence-corrected chi connectivity index (χ3v) is 4.75. The van der Waals surface area contributed by atoms with Gasteiger partial charge in [0.25, 0.3) is 0 Å². The van der Waals surface area contributed by atoms with Gasteiger partial charge in [-0.2, -0.15) is 0 Å². The second-order valence-corrected chi connectivity index (χ2v) is 7.11. The second-order valence-electron chi connectivity index (χ2n) is 6.70. The molecule has 140 valence electrons. The molecular weight excluding hydrogens is 362 g/mol. The maximum Gasteiger partial charge on any atom is 0.249 e. The van der Waals surface area contributed by atoms with Gasteiger partial charge >= 0.3 is 0 Å². The fraction of sp³-hybridized carbons (Fsp3) is 0.286. The van der Waals surface area contributed by atoms with E-state index in [-0.39, 0.29) is 18.5 Å². The molecule has 1 amide bonds. The highest BCUT2D eigenvalue weighted by atomic mass is 35.5. The fourth-order valence-electron chi connectivity index (χ4n) is 2.84. The van der Waals surface area contributed by atoms with Crippen molar-refractivity contribution in [1.82, 2.24) is 15.1 Å². The number of aryl methyl sites for hydroxylation is 1. The van der Waals surface area contributed by atoms with Gasteiger partial charge in [-0.3, -0.25) is 4.79 Å². The number of aromatic nitrogens is 2. The van der Waals surface area contributed by atoms with Crippen LogP contribution in [0.1, 0.15) is 30.9 Å². The van der Waals surface area contributed by atoms with Crippen molar-refractivity contribution in [2.45, 2.75) is 39.8 Å². The van der Waals surface area contributed by atoms with Crippen LogP contribution in [-0.2, 0) is 17.8 Å². The van der Waals surface area contributed by atoms with Crippen molar-refractivity contribution in [3.05, 3.63) is 70.6 Å². The van der Waals surface area contributed by atoms with Gasteiger partial charge in [0.05, 0.1) is 23.6 Å². The predicted octanol–water partition coefficient (Wildman–Crippen LogP) is 4.68. The Hall–Kier alpha value is -2.66. The molecule has 0 aliphatic carbocycles. The van der Waals surface area contributed by atoms with E-state index in [2.05, 4.69) is 10.2 Å². The largest absolute Gasteiger partial charge is 0.419 e. The number of nitrogens with zero attached hydrogens (tertiary/aromatic N) is 3. The molecule has 0 N–H and O–H groups in total. The van der Waals surface area contributed by atoms with Crippen LogP contribution >= 0.6 is 11.6 Å². The summed E-state index contributed by atoms with van der Waals surface area (Å²) in [5, 5.41) is 8.72. The number of hydrogen-bond acceptors (Lipinski definition) is 4. The molecule has 0 spiro atoms. The molecule has 5 nitrogen and oxygen atoms in total. The lowest BCUT2D eigenvalue weighted by Crippen LogP contribution is -2.37. The van der Waals surface area contributed by atoms with Gasteiger partial charge in [-0.1, -0.05) is 48.0 Å². The Bertz CT molecular complexity index is 936. The van der Waals surface area contributed by atoms with E-state index in [4.69, 9.17) is 16.0 Å². The first-order valence-electron chi connectivity index (χ1n) is 8.87. The Morgan fingerprint density at radius 3 is 2.52 bits per heavy atom. The summed E-state index contributed by atoms with van der Waals surface area (Å²) < 4.78 is 5.75. The normalized spacial score (nSPS) is 11.0. The van der Waals surface area contributed by atoms with Crippen LogP contribution in [0.25, 0.3) is 11.5 Å². The Morgan fingerprint density at radius 1 is 1.11 bits per heavy atom. The highest BCUT2D eigenvalue weighted by Gasteiger charge is 2.21. The smallest absolute Gasteiger partial charge is 0.249 e. The molecule has 0 saturated heterocycles. The minimum absolute atomic E-state index is 0.0113. The zero-order chi connectivity index (χ0) is 19.4. The van der Waals surface area contributed by atoms with Gasteiger partial charge in [0.15, 0.2) is 0 Å². The van der Waals surface area contributed by atoms with Crippen molar-refractivity contribution in [3.63, 3.8) is 0 Å². The van der Waals surface area contributed by atoms with E-state index < -0.39 is 0 Å². The molecular formula is C21H22ClN3O2. The lowest BCUT2D eigenvalue weighted by atomic mass is 10.0. The van der Waals surface area contributed by atoms with E-state index in [1.165, 1.54) is 0 Å². The highest BCUT2D eigenvalue weighted by molar-refractivity contribution is 6.33. The minimum atomic E-state index is 0.0113. The van der Waals surface area contributed by atoms with Crippen molar-refractivity contribution in [2.24, 2.45) is 0 Å². The van der Waals surface area contributed by atoms with Gasteiger partial charge in [0.2, 0.25) is 17.7 Å². The standard InChI is InChI=1S/C21H22ClN3O2/c1-14(2)25(20(26)12-16-9-5-4-8-15(16)3)13-19-23-24-21(27-19)17-10-6-7-11-18(17)22/h4-11,14H,12-13H2,1-3H3. The molecule has 1 aromatic heterocycles. The van der Waals surface area contributed by atoms with E-state index in [9.17, 15) is 4.79 Å². The van der Waals surface area contributed by atoms with Crippen LogP contribution < -0.4 is 0 Å². The molecule has 0 aliphatic heterocycles. The van der Waals surface area contributed by atoms with Crippen molar-refractivity contribution in [2.75, 3.05) is 0 Å². The number of benzene rings is 2. The van der Waals surface area contributed by atoms with E-state index in [0.717, 1.165) is 11.1 Å². The van der Waals surface area contributed by atoms with Gasteiger partial charge in [-0.15, -0.1) is 10.2 Å². The van der Waals surface area contributed by atoms with Crippen LogP contribution in [0, 0.1) is 6.92 Å². The molecule has 27 heavy (non-hydrogen) atoms. The van der Waals surface area contributed by atoms with Crippen molar-refractivity contribution < 1.29 is 9.21 Å². The average Bonchev–Trinajstić information content (AvgIpc) is 3.10. The Balaban J connectivity index is 1.76. The monoisotopic (exact) mass is 383 g/mol. The molecule has 0 bridgehead atoms. The summed E-state index contributed by atoms with van der Waals surface area (Å²) >= 11 is 6.19. The molecule has 0 saturated carbocycles. The molecule has 3 aromatic rings. The van der Waals surface area contributed by atoms with Crippen LogP contribution in [0.3, 0.4) is 0 Å². The number of rotatable bonds is 6. The number of carbonyl (C=O) groups is 1. The van der Waals surface area contributed by atoms with Gasteiger partial charge in [0.1, 0.15) is 0 Å². The minimum Gasteiger partial charge on any atom is -0.419 e. The second kappa shape index (κ2) is 8.35. The van der Waals surface area contributed by atoms with Gasteiger partial charge in [-0.05, 0) is 44.0 Å². The summed E-state index contributed by atoms with van der Waals surface area (Å²) in [6, 6.07) is 15.2. The summed E-state index contributed by atoms with van der Waals surface area (Å²) in [5.41, 5.74) is 2.81. The SMILES string of the molecule is Cc1ccccc1CC(=O)N(Cc1nnc(-c2ccccc2Cl)o1)C(C)C. The zero-order valence-corrected chi connectivity index (χ0v) is 16.4. The van der Waals surface area contributed by atoms with Crippen LogP contribution in [0.15, 0.2) is 52.9 Å². The summed E-state index contributed by atoms with van der Waals surface area (Å²) in [7, 11) is 0. The molecule has 0 aliphatic rings. The lowest BCUT2D eigenvalue weighted by molar-refractivity contribution is -0.133. The Morgan fingerprint density at radius 2 is 1.81 bits per heavy atom. The number of carbonyl (C=O) groups excluding carboxylic acids is 1. The molecule has 1 heterocycles. The molecule has 6 heteroatoms. The van der Waals surface area contributed by atoms with Crippen LogP contribution in [0.2, 0.25) is 5.02 Å². The van der Waals surface area contributed by atoms with Crippen LogP contribution in [-0.4, -0.2) is 27.0 Å². The van der Waals surface area contributed by atoms with E-state index >= 15 is 0 Å². The Labute approximate surface area is 164 Å². The highest BCUT2D eigenvalue weighted by Crippen LogP contribution is 2.26. The fourth-order valence-corrected chi connectivity index (χ4v) is 3.05. The van der Waals surface area contributed by atoms with Gasteiger partial charge < -0.3 is 9.32 Å². The van der Waals surface area contributed by atoms with Crippen LogP contribution in [0.4, 0.5) is 0 Å².